The number of benzene rings is 1. The molecule has 0 atom stereocenters. The van der Waals surface area contributed by atoms with Crippen LogP contribution in [0.15, 0.2) is 41.8 Å². The van der Waals surface area contributed by atoms with E-state index in [0.29, 0.717) is 5.56 Å². The van der Waals surface area contributed by atoms with E-state index in [1.807, 2.05) is 31.2 Å². The second-order valence-electron chi connectivity index (χ2n) is 3.46. The van der Waals surface area contributed by atoms with Crippen molar-refractivity contribution in [1.29, 1.82) is 0 Å². The highest BCUT2D eigenvalue weighted by Gasteiger charge is 2.09. The normalized spacial score (nSPS) is 11.7. The minimum Gasteiger partial charge on any atom is -0.409 e. The van der Waals surface area contributed by atoms with Crippen LogP contribution >= 0.6 is 0 Å². The number of amidine groups is 1. The molecule has 1 aromatic carbocycles. The SMILES string of the molecule is Cc1ccc(-n2cccn2)c(/C(N)=N/O)c1. The van der Waals surface area contributed by atoms with Gasteiger partial charge in [0.15, 0.2) is 5.84 Å². The minimum absolute atomic E-state index is 0.0780. The first-order valence-corrected chi connectivity index (χ1v) is 4.81. The standard InChI is InChI=1S/C11H12N4O/c1-8-3-4-10(15-6-2-5-13-15)9(7-8)11(12)14-16/h2-7,16H,1H3,(H2,12,14). The van der Waals surface area contributed by atoms with Crippen LogP contribution < -0.4 is 5.73 Å². The lowest BCUT2D eigenvalue weighted by Gasteiger charge is -2.09. The van der Waals surface area contributed by atoms with Crippen molar-refractivity contribution in [3.8, 4) is 5.69 Å². The van der Waals surface area contributed by atoms with Crippen molar-refractivity contribution in [2.75, 3.05) is 0 Å². The van der Waals surface area contributed by atoms with E-state index in [1.165, 1.54) is 0 Å². The van der Waals surface area contributed by atoms with Crippen LogP contribution in [0.2, 0.25) is 0 Å². The van der Waals surface area contributed by atoms with Crippen LogP contribution in [-0.2, 0) is 0 Å². The summed E-state index contributed by atoms with van der Waals surface area (Å²) in [6.07, 6.45) is 3.48. The first-order valence-electron chi connectivity index (χ1n) is 4.81. The molecule has 82 valence electrons. The Morgan fingerprint density at radius 3 is 2.94 bits per heavy atom. The van der Waals surface area contributed by atoms with Gasteiger partial charge in [0.25, 0.3) is 0 Å². The van der Waals surface area contributed by atoms with Gasteiger partial charge in [-0.15, -0.1) is 0 Å². The summed E-state index contributed by atoms with van der Waals surface area (Å²) in [7, 11) is 0. The molecule has 3 N–H and O–H groups in total. The van der Waals surface area contributed by atoms with Gasteiger partial charge in [0.2, 0.25) is 0 Å². The summed E-state index contributed by atoms with van der Waals surface area (Å²) in [5.74, 6) is 0.0780. The Bertz CT molecular complexity index is 517. The van der Waals surface area contributed by atoms with Crippen molar-refractivity contribution in [2.24, 2.45) is 10.9 Å². The van der Waals surface area contributed by atoms with E-state index in [2.05, 4.69) is 10.3 Å². The molecule has 0 saturated carbocycles. The monoisotopic (exact) mass is 216 g/mol. The first-order chi connectivity index (χ1) is 7.72. The van der Waals surface area contributed by atoms with Crippen LogP contribution in [0, 0.1) is 6.92 Å². The van der Waals surface area contributed by atoms with Crippen LogP contribution in [0.3, 0.4) is 0 Å². The third-order valence-electron chi connectivity index (χ3n) is 2.29. The van der Waals surface area contributed by atoms with Gasteiger partial charge in [0.1, 0.15) is 0 Å². The number of oxime groups is 1. The van der Waals surface area contributed by atoms with Gasteiger partial charge in [-0.2, -0.15) is 5.10 Å². The molecule has 16 heavy (non-hydrogen) atoms. The van der Waals surface area contributed by atoms with Crippen molar-refractivity contribution in [3.05, 3.63) is 47.8 Å². The fraction of sp³-hybridized carbons (Fsp3) is 0.0909. The molecule has 1 aromatic heterocycles. The van der Waals surface area contributed by atoms with Crippen LogP contribution in [0.1, 0.15) is 11.1 Å². The fourth-order valence-corrected chi connectivity index (χ4v) is 1.52. The molecular weight excluding hydrogens is 204 g/mol. The zero-order chi connectivity index (χ0) is 11.5. The molecule has 0 amide bonds. The Hall–Kier alpha value is -2.30. The summed E-state index contributed by atoms with van der Waals surface area (Å²) in [5, 5.41) is 15.9. The molecular formula is C11H12N4O. The summed E-state index contributed by atoms with van der Waals surface area (Å²) >= 11 is 0. The average Bonchev–Trinajstić information content (AvgIpc) is 2.81. The molecule has 0 saturated heterocycles. The summed E-state index contributed by atoms with van der Waals surface area (Å²) in [6, 6.07) is 7.50. The van der Waals surface area contributed by atoms with E-state index in [9.17, 15) is 0 Å². The van der Waals surface area contributed by atoms with Gasteiger partial charge in [0, 0.05) is 18.0 Å². The van der Waals surface area contributed by atoms with Gasteiger partial charge in [0.05, 0.1) is 5.69 Å². The quantitative estimate of drug-likeness (QED) is 0.343. The van der Waals surface area contributed by atoms with E-state index in [4.69, 9.17) is 10.9 Å². The highest BCUT2D eigenvalue weighted by Crippen LogP contribution is 2.15. The Kier molecular flexibility index (Phi) is 2.59. The second kappa shape index (κ2) is 4.06. The number of nitrogens with two attached hydrogens (primary N) is 1. The van der Waals surface area contributed by atoms with Gasteiger partial charge in [-0.1, -0.05) is 16.8 Å². The highest BCUT2D eigenvalue weighted by molar-refractivity contribution is 6.00. The van der Waals surface area contributed by atoms with E-state index in [-0.39, 0.29) is 5.84 Å². The number of hydrogen-bond donors (Lipinski definition) is 2. The largest absolute Gasteiger partial charge is 0.409 e. The molecule has 0 fully saturated rings. The van der Waals surface area contributed by atoms with E-state index in [1.54, 1.807) is 17.1 Å². The summed E-state index contributed by atoms with van der Waals surface area (Å²) in [4.78, 5) is 0. The maximum absolute atomic E-state index is 8.73. The van der Waals surface area contributed by atoms with E-state index in [0.717, 1.165) is 11.3 Å². The van der Waals surface area contributed by atoms with Crippen molar-refractivity contribution >= 4 is 5.84 Å². The van der Waals surface area contributed by atoms with Crippen molar-refractivity contribution in [3.63, 3.8) is 0 Å². The lowest BCUT2D eigenvalue weighted by Crippen LogP contribution is -2.16. The molecule has 0 aliphatic carbocycles. The molecule has 0 aliphatic heterocycles. The molecule has 0 aliphatic rings. The van der Waals surface area contributed by atoms with Gasteiger partial charge in [-0.3, -0.25) is 0 Å². The molecule has 0 spiro atoms. The fourth-order valence-electron chi connectivity index (χ4n) is 1.52. The Balaban J connectivity index is 2.62. The average molecular weight is 216 g/mol. The number of hydrogen-bond acceptors (Lipinski definition) is 3. The maximum atomic E-state index is 8.73. The lowest BCUT2D eigenvalue weighted by atomic mass is 10.1. The number of aryl methyl sites for hydroxylation is 1. The minimum atomic E-state index is 0.0780. The predicted octanol–water partition coefficient (Wildman–Crippen LogP) is 1.28. The number of rotatable bonds is 2. The van der Waals surface area contributed by atoms with Crippen molar-refractivity contribution in [2.45, 2.75) is 6.92 Å². The van der Waals surface area contributed by atoms with Crippen LogP contribution in [0.25, 0.3) is 5.69 Å². The predicted molar refractivity (Wildman–Crippen MR) is 60.8 cm³/mol. The van der Waals surface area contributed by atoms with Gasteiger partial charge in [-0.05, 0) is 25.1 Å². The number of aromatic nitrogens is 2. The van der Waals surface area contributed by atoms with Gasteiger partial charge >= 0.3 is 0 Å². The molecule has 0 radical (unpaired) electrons. The topological polar surface area (TPSA) is 76.4 Å². The second-order valence-corrected chi connectivity index (χ2v) is 3.46. The van der Waals surface area contributed by atoms with Crippen LogP contribution in [-0.4, -0.2) is 20.8 Å². The van der Waals surface area contributed by atoms with Crippen LogP contribution in [0.5, 0.6) is 0 Å². The molecule has 2 rings (SSSR count). The molecule has 0 unspecified atom stereocenters. The van der Waals surface area contributed by atoms with E-state index < -0.39 is 0 Å². The zero-order valence-corrected chi connectivity index (χ0v) is 8.83. The highest BCUT2D eigenvalue weighted by atomic mass is 16.4. The third-order valence-corrected chi connectivity index (χ3v) is 2.29. The van der Waals surface area contributed by atoms with E-state index >= 15 is 0 Å². The summed E-state index contributed by atoms with van der Waals surface area (Å²) in [5.41, 5.74) is 8.11. The smallest absolute Gasteiger partial charge is 0.172 e. The van der Waals surface area contributed by atoms with Crippen molar-refractivity contribution < 1.29 is 5.21 Å². The lowest BCUT2D eigenvalue weighted by molar-refractivity contribution is 0.318. The molecule has 1 heterocycles. The van der Waals surface area contributed by atoms with Crippen LogP contribution in [0.4, 0.5) is 0 Å². The Morgan fingerprint density at radius 1 is 1.50 bits per heavy atom. The molecule has 0 bridgehead atoms. The first kappa shape index (κ1) is 10.2. The summed E-state index contributed by atoms with van der Waals surface area (Å²) < 4.78 is 1.67. The molecule has 5 heteroatoms. The van der Waals surface area contributed by atoms with Crippen molar-refractivity contribution in [1.82, 2.24) is 9.78 Å². The van der Waals surface area contributed by atoms with Gasteiger partial charge < -0.3 is 10.9 Å². The number of nitrogens with zero attached hydrogens (tertiary/aromatic N) is 3. The summed E-state index contributed by atoms with van der Waals surface area (Å²) in [6.45, 7) is 1.95. The zero-order valence-electron chi connectivity index (χ0n) is 8.83. The Morgan fingerprint density at radius 2 is 2.31 bits per heavy atom. The Labute approximate surface area is 92.8 Å². The third kappa shape index (κ3) is 1.75. The van der Waals surface area contributed by atoms with Gasteiger partial charge in [-0.25, -0.2) is 4.68 Å². The molecule has 2 aromatic rings. The molecule has 5 nitrogen and oxygen atoms in total. The maximum Gasteiger partial charge on any atom is 0.172 e.